The van der Waals surface area contributed by atoms with Gasteiger partial charge in [-0.05, 0) is 69.3 Å². The number of nitrogens with two attached hydrogens (primary N) is 1. The molecule has 182 valence electrons. The molecular formula is C25H35N7O2. The molecule has 0 radical (unpaired) electrons. The molecule has 34 heavy (non-hydrogen) atoms. The number of fused-ring (bicyclic) bond motifs is 1. The van der Waals surface area contributed by atoms with E-state index in [1.54, 1.807) is 0 Å². The summed E-state index contributed by atoms with van der Waals surface area (Å²) >= 11 is 0. The van der Waals surface area contributed by atoms with Crippen LogP contribution in [0.4, 0.5) is 17.5 Å². The molecule has 1 saturated carbocycles. The Kier molecular flexibility index (Phi) is 7.40. The maximum absolute atomic E-state index is 6.03. The summed E-state index contributed by atoms with van der Waals surface area (Å²) in [4.78, 5) is 14.4. The van der Waals surface area contributed by atoms with E-state index < -0.39 is 0 Å². The summed E-state index contributed by atoms with van der Waals surface area (Å²) in [6, 6.07) is 8.25. The highest BCUT2D eigenvalue weighted by atomic mass is 16.5. The number of rotatable bonds is 9. The van der Waals surface area contributed by atoms with Crippen LogP contribution in [0.15, 0.2) is 30.6 Å². The Morgan fingerprint density at radius 2 is 1.85 bits per heavy atom. The summed E-state index contributed by atoms with van der Waals surface area (Å²) in [6.45, 7) is 2.01. The molecular weight excluding hydrogens is 430 g/mol. The van der Waals surface area contributed by atoms with Crippen molar-refractivity contribution in [3.05, 3.63) is 30.6 Å². The molecule has 1 aliphatic carbocycles. The second kappa shape index (κ2) is 11.0. The van der Waals surface area contributed by atoms with E-state index in [4.69, 9.17) is 30.2 Å². The standard InChI is InChI=1S/C25H35N7O2/c26-14-6-16-33-20-12-10-19(11-13-20)29-25-30-23(28-18-7-2-1-3-8-18)22-24(31-25)32(17-27-22)21-9-4-5-15-34-21/h10-13,17-18,21H,1-9,14-16,26H2,(H2,28,29,30,31). The van der Waals surface area contributed by atoms with Crippen LogP contribution in [0.5, 0.6) is 5.75 Å². The number of nitrogens with one attached hydrogen (secondary N) is 2. The van der Waals surface area contributed by atoms with Gasteiger partial charge in [0.2, 0.25) is 5.95 Å². The molecule has 0 amide bonds. The first-order valence-electron chi connectivity index (χ1n) is 12.6. The van der Waals surface area contributed by atoms with Crippen LogP contribution >= 0.6 is 0 Å². The quantitative estimate of drug-likeness (QED) is 0.389. The Balaban J connectivity index is 1.41. The van der Waals surface area contributed by atoms with E-state index in [0.29, 0.717) is 25.1 Å². The second-order valence-corrected chi connectivity index (χ2v) is 9.16. The number of anilines is 3. The zero-order chi connectivity index (χ0) is 23.2. The van der Waals surface area contributed by atoms with E-state index in [9.17, 15) is 0 Å². The van der Waals surface area contributed by atoms with Crippen LogP contribution < -0.4 is 21.1 Å². The molecule has 1 unspecified atom stereocenters. The van der Waals surface area contributed by atoms with Gasteiger partial charge in [-0.2, -0.15) is 9.97 Å². The molecule has 2 fully saturated rings. The molecule has 3 aromatic rings. The van der Waals surface area contributed by atoms with E-state index in [1.165, 1.54) is 19.3 Å². The lowest BCUT2D eigenvalue weighted by atomic mass is 9.95. The van der Waals surface area contributed by atoms with Crippen molar-refractivity contribution in [3.8, 4) is 5.75 Å². The number of aromatic nitrogens is 4. The van der Waals surface area contributed by atoms with Crippen LogP contribution in [0.3, 0.4) is 0 Å². The van der Waals surface area contributed by atoms with Gasteiger partial charge < -0.3 is 25.8 Å². The Morgan fingerprint density at radius 1 is 1.03 bits per heavy atom. The fraction of sp³-hybridized carbons (Fsp3) is 0.560. The largest absolute Gasteiger partial charge is 0.494 e. The van der Waals surface area contributed by atoms with Crippen molar-refractivity contribution in [3.63, 3.8) is 0 Å². The summed E-state index contributed by atoms with van der Waals surface area (Å²) < 4.78 is 13.8. The predicted octanol–water partition coefficient (Wildman–Crippen LogP) is 4.74. The highest BCUT2D eigenvalue weighted by Gasteiger charge is 2.23. The summed E-state index contributed by atoms with van der Waals surface area (Å²) in [5.74, 6) is 2.15. The number of nitrogens with zero attached hydrogens (tertiary/aromatic N) is 4. The van der Waals surface area contributed by atoms with E-state index in [2.05, 4.69) is 15.2 Å². The Labute approximate surface area is 200 Å². The molecule has 0 bridgehead atoms. The third-order valence-corrected chi connectivity index (χ3v) is 6.56. The first-order valence-corrected chi connectivity index (χ1v) is 12.6. The van der Waals surface area contributed by atoms with Crippen LogP contribution in [0, 0.1) is 0 Å². The molecule has 9 nitrogen and oxygen atoms in total. The Morgan fingerprint density at radius 3 is 2.62 bits per heavy atom. The highest BCUT2D eigenvalue weighted by Crippen LogP contribution is 2.31. The molecule has 1 aliphatic heterocycles. The molecule has 9 heteroatoms. The first-order chi connectivity index (χ1) is 16.8. The minimum atomic E-state index is -0.0333. The fourth-order valence-corrected chi connectivity index (χ4v) is 4.70. The van der Waals surface area contributed by atoms with Crippen molar-refractivity contribution in [1.82, 2.24) is 19.5 Å². The number of ether oxygens (including phenoxy) is 2. The zero-order valence-corrected chi connectivity index (χ0v) is 19.7. The molecule has 1 aromatic carbocycles. The summed E-state index contributed by atoms with van der Waals surface area (Å²) in [6.07, 6.45) is 12.0. The van der Waals surface area contributed by atoms with Gasteiger partial charge in [-0.1, -0.05) is 19.3 Å². The van der Waals surface area contributed by atoms with Crippen LogP contribution in [0.2, 0.25) is 0 Å². The maximum atomic E-state index is 6.03. The molecule has 1 saturated heterocycles. The van der Waals surface area contributed by atoms with Crippen molar-refractivity contribution >= 4 is 28.6 Å². The van der Waals surface area contributed by atoms with Gasteiger partial charge in [0.15, 0.2) is 17.0 Å². The molecule has 1 atom stereocenters. The zero-order valence-electron chi connectivity index (χ0n) is 19.7. The van der Waals surface area contributed by atoms with E-state index in [0.717, 1.165) is 73.6 Å². The number of hydrogen-bond acceptors (Lipinski definition) is 8. The molecule has 3 heterocycles. The smallest absolute Gasteiger partial charge is 0.231 e. The normalized spacial score (nSPS) is 19.3. The van der Waals surface area contributed by atoms with Gasteiger partial charge in [-0.15, -0.1) is 0 Å². The molecule has 0 spiro atoms. The van der Waals surface area contributed by atoms with Crippen LogP contribution in [0.25, 0.3) is 11.2 Å². The van der Waals surface area contributed by atoms with Crippen LogP contribution in [-0.4, -0.2) is 45.3 Å². The average Bonchev–Trinajstić information content (AvgIpc) is 3.31. The minimum Gasteiger partial charge on any atom is -0.494 e. The van der Waals surface area contributed by atoms with E-state index >= 15 is 0 Å². The molecule has 5 rings (SSSR count). The van der Waals surface area contributed by atoms with E-state index in [-0.39, 0.29) is 6.23 Å². The fourth-order valence-electron chi connectivity index (χ4n) is 4.70. The minimum absolute atomic E-state index is 0.0333. The number of hydrogen-bond donors (Lipinski definition) is 3. The third-order valence-electron chi connectivity index (χ3n) is 6.56. The lowest BCUT2D eigenvalue weighted by Crippen LogP contribution is -2.23. The molecule has 2 aromatic heterocycles. The summed E-state index contributed by atoms with van der Waals surface area (Å²) in [7, 11) is 0. The maximum Gasteiger partial charge on any atom is 0.231 e. The average molecular weight is 466 g/mol. The predicted molar refractivity (Wildman–Crippen MR) is 134 cm³/mol. The molecule has 4 N–H and O–H groups in total. The first kappa shape index (κ1) is 22.9. The van der Waals surface area contributed by atoms with E-state index in [1.807, 2.05) is 30.6 Å². The lowest BCUT2D eigenvalue weighted by molar-refractivity contribution is -0.0298. The summed E-state index contributed by atoms with van der Waals surface area (Å²) in [5, 5.41) is 7.03. The van der Waals surface area contributed by atoms with Crippen molar-refractivity contribution in [2.75, 3.05) is 30.4 Å². The number of imidazole rings is 1. The highest BCUT2D eigenvalue weighted by molar-refractivity contribution is 5.85. The summed E-state index contributed by atoms with van der Waals surface area (Å²) in [5.41, 5.74) is 8.03. The topological polar surface area (TPSA) is 112 Å². The van der Waals surface area contributed by atoms with Gasteiger partial charge in [0.1, 0.15) is 12.0 Å². The Bertz CT molecular complexity index is 1060. The van der Waals surface area contributed by atoms with Crippen molar-refractivity contribution in [2.24, 2.45) is 5.73 Å². The molecule has 2 aliphatic rings. The van der Waals surface area contributed by atoms with Crippen LogP contribution in [0.1, 0.15) is 64.0 Å². The Hall–Kier alpha value is -2.91. The van der Waals surface area contributed by atoms with Crippen molar-refractivity contribution < 1.29 is 9.47 Å². The van der Waals surface area contributed by atoms with Gasteiger partial charge in [-0.3, -0.25) is 4.57 Å². The van der Waals surface area contributed by atoms with Gasteiger partial charge in [-0.25, -0.2) is 4.98 Å². The third kappa shape index (κ3) is 5.42. The second-order valence-electron chi connectivity index (χ2n) is 9.16. The van der Waals surface area contributed by atoms with Gasteiger partial charge in [0.25, 0.3) is 0 Å². The van der Waals surface area contributed by atoms with Crippen molar-refractivity contribution in [2.45, 2.75) is 70.1 Å². The number of benzene rings is 1. The lowest BCUT2D eigenvalue weighted by Gasteiger charge is -2.25. The van der Waals surface area contributed by atoms with Gasteiger partial charge >= 0.3 is 0 Å². The van der Waals surface area contributed by atoms with Gasteiger partial charge in [0, 0.05) is 18.3 Å². The SMILES string of the molecule is NCCCOc1ccc(Nc2nc(NC3CCCCC3)c3ncn(C4CCCCO4)c3n2)cc1. The monoisotopic (exact) mass is 465 g/mol. The van der Waals surface area contributed by atoms with Gasteiger partial charge in [0.05, 0.1) is 12.9 Å². The van der Waals surface area contributed by atoms with Crippen LogP contribution in [-0.2, 0) is 4.74 Å². The van der Waals surface area contributed by atoms with Crippen molar-refractivity contribution in [1.29, 1.82) is 0 Å².